The molecule has 1 aromatic rings. The van der Waals surface area contributed by atoms with E-state index in [-0.39, 0.29) is 18.2 Å². The van der Waals surface area contributed by atoms with Crippen LogP contribution in [0.5, 0.6) is 0 Å². The Morgan fingerprint density at radius 2 is 2.00 bits per heavy atom. The Hall–Kier alpha value is -0.580. The summed E-state index contributed by atoms with van der Waals surface area (Å²) in [5, 5.41) is 0.909. The molecular formula is C14H16Cl3NO2. The smallest absolute Gasteiger partial charge is 0.185 e. The molecule has 20 heavy (non-hydrogen) atoms. The minimum absolute atomic E-state index is 0. The lowest BCUT2D eigenvalue weighted by molar-refractivity contribution is 0.0341. The molecule has 1 fully saturated rings. The van der Waals surface area contributed by atoms with Gasteiger partial charge in [-0.1, -0.05) is 29.8 Å². The van der Waals surface area contributed by atoms with Crippen molar-refractivity contribution in [3.05, 3.63) is 46.0 Å². The van der Waals surface area contributed by atoms with Crippen LogP contribution < -0.4 is 0 Å². The zero-order chi connectivity index (χ0) is 13.8. The van der Waals surface area contributed by atoms with Gasteiger partial charge in [0.2, 0.25) is 0 Å². The first-order valence-corrected chi connectivity index (χ1v) is 6.83. The molecule has 0 radical (unpaired) electrons. The van der Waals surface area contributed by atoms with Gasteiger partial charge in [-0.3, -0.25) is 9.69 Å². The Balaban J connectivity index is 0.00000200. The van der Waals surface area contributed by atoms with Gasteiger partial charge in [0.25, 0.3) is 0 Å². The molecule has 3 nitrogen and oxygen atoms in total. The molecule has 1 saturated heterocycles. The van der Waals surface area contributed by atoms with Crippen LogP contribution in [0.4, 0.5) is 0 Å². The van der Waals surface area contributed by atoms with Crippen molar-refractivity contribution in [2.45, 2.75) is 6.54 Å². The van der Waals surface area contributed by atoms with Crippen LogP contribution in [-0.2, 0) is 11.3 Å². The van der Waals surface area contributed by atoms with Crippen LogP contribution >= 0.6 is 35.6 Å². The first-order valence-electron chi connectivity index (χ1n) is 6.07. The highest BCUT2D eigenvalue weighted by Gasteiger charge is 2.19. The number of nitrogens with zero attached hydrogens (tertiary/aromatic N) is 1. The van der Waals surface area contributed by atoms with Crippen molar-refractivity contribution in [1.82, 2.24) is 4.90 Å². The van der Waals surface area contributed by atoms with E-state index in [1.165, 1.54) is 6.08 Å². The summed E-state index contributed by atoms with van der Waals surface area (Å²) in [6, 6.07) is 3.34. The fraction of sp³-hybridized carbons (Fsp3) is 0.357. The van der Waals surface area contributed by atoms with Crippen LogP contribution in [0, 0.1) is 0 Å². The monoisotopic (exact) mass is 335 g/mol. The van der Waals surface area contributed by atoms with E-state index in [1.54, 1.807) is 12.1 Å². The summed E-state index contributed by atoms with van der Waals surface area (Å²) in [6.07, 6.45) is 1.29. The molecule has 0 bridgehead atoms. The van der Waals surface area contributed by atoms with E-state index in [4.69, 9.17) is 27.9 Å². The molecule has 1 aliphatic heterocycles. The highest BCUT2D eigenvalue weighted by atomic mass is 35.5. The van der Waals surface area contributed by atoms with Crippen molar-refractivity contribution >= 4 is 41.4 Å². The summed E-state index contributed by atoms with van der Waals surface area (Å²) in [4.78, 5) is 14.1. The minimum atomic E-state index is -0.137. The van der Waals surface area contributed by atoms with E-state index in [0.717, 1.165) is 18.7 Å². The SMILES string of the molecule is C=CC(=O)c1ccc(Cl)c(Cl)c1CN1CCOCC1.Cl. The lowest BCUT2D eigenvalue weighted by Crippen LogP contribution is -2.36. The minimum Gasteiger partial charge on any atom is -0.379 e. The van der Waals surface area contributed by atoms with Gasteiger partial charge >= 0.3 is 0 Å². The average molecular weight is 337 g/mol. The van der Waals surface area contributed by atoms with Crippen LogP contribution in [0.3, 0.4) is 0 Å². The van der Waals surface area contributed by atoms with Crippen LogP contribution in [-0.4, -0.2) is 37.0 Å². The summed E-state index contributed by atoms with van der Waals surface area (Å²) in [7, 11) is 0. The predicted molar refractivity (Wildman–Crippen MR) is 84.3 cm³/mol. The van der Waals surface area contributed by atoms with Crippen LogP contribution in [0.15, 0.2) is 24.8 Å². The van der Waals surface area contributed by atoms with E-state index < -0.39 is 0 Å². The molecule has 0 amide bonds. The maximum Gasteiger partial charge on any atom is 0.185 e. The largest absolute Gasteiger partial charge is 0.379 e. The molecule has 110 valence electrons. The summed E-state index contributed by atoms with van der Waals surface area (Å²) in [6.45, 7) is 7.16. The number of ketones is 1. The van der Waals surface area contributed by atoms with Gasteiger partial charge in [-0.2, -0.15) is 0 Å². The molecule has 0 aliphatic carbocycles. The number of carbonyl (C=O) groups is 1. The lowest BCUT2D eigenvalue weighted by atomic mass is 10.0. The number of hydrogen-bond donors (Lipinski definition) is 0. The number of benzene rings is 1. The van der Waals surface area contributed by atoms with Crippen molar-refractivity contribution in [3.8, 4) is 0 Å². The number of hydrogen-bond acceptors (Lipinski definition) is 3. The topological polar surface area (TPSA) is 29.5 Å². The molecule has 0 unspecified atom stereocenters. The molecule has 2 rings (SSSR count). The molecule has 0 spiro atoms. The first kappa shape index (κ1) is 17.5. The van der Waals surface area contributed by atoms with E-state index in [0.29, 0.717) is 35.4 Å². The summed E-state index contributed by atoms with van der Waals surface area (Å²) in [5.41, 5.74) is 1.33. The molecule has 1 aromatic carbocycles. The Kier molecular flexibility index (Phi) is 7.00. The number of halogens is 3. The standard InChI is InChI=1S/C14H15Cl2NO2.ClH/c1-2-13(18)10-3-4-12(15)14(16)11(10)9-17-5-7-19-8-6-17;/h2-4H,1,5-9H2;1H. The molecule has 0 atom stereocenters. The van der Waals surface area contributed by atoms with Crippen molar-refractivity contribution in [2.75, 3.05) is 26.3 Å². The fourth-order valence-electron chi connectivity index (χ4n) is 2.07. The van der Waals surface area contributed by atoms with Crippen molar-refractivity contribution < 1.29 is 9.53 Å². The zero-order valence-electron chi connectivity index (χ0n) is 10.9. The van der Waals surface area contributed by atoms with Gasteiger partial charge in [-0.25, -0.2) is 0 Å². The number of morpholine rings is 1. The maximum atomic E-state index is 11.9. The van der Waals surface area contributed by atoms with E-state index in [1.807, 2.05) is 0 Å². The Bertz CT molecular complexity index is 499. The number of carbonyl (C=O) groups excluding carboxylic acids is 1. The first-order chi connectivity index (χ1) is 9.13. The van der Waals surface area contributed by atoms with Gasteiger partial charge in [0.15, 0.2) is 5.78 Å². The number of rotatable bonds is 4. The maximum absolute atomic E-state index is 11.9. The summed E-state index contributed by atoms with van der Waals surface area (Å²) in [5.74, 6) is -0.137. The molecule has 0 aromatic heterocycles. The summed E-state index contributed by atoms with van der Waals surface area (Å²) < 4.78 is 5.31. The van der Waals surface area contributed by atoms with Crippen LogP contribution in [0.2, 0.25) is 10.0 Å². The van der Waals surface area contributed by atoms with Gasteiger partial charge in [0, 0.05) is 25.2 Å². The fourth-order valence-corrected chi connectivity index (χ4v) is 2.47. The van der Waals surface area contributed by atoms with Crippen LogP contribution in [0.1, 0.15) is 15.9 Å². The van der Waals surface area contributed by atoms with Gasteiger partial charge < -0.3 is 4.74 Å². The van der Waals surface area contributed by atoms with Crippen molar-refractivity contribution in [3.63, 3.8) is 0 Å². The van der Waals surface area contributed by atoms with Crippen molar-refractivity contribution in [2.24, 2.45) is 0 Å². The van der Waals surface area contributed by atoms with Gasteiger partial charge in [-0.05, 0) is 23.8 Å². The van der Waals surface area contributed by atoms with Gasteiger partial charge in [0.1, 0.15) is 0 Å². The Labute approximate surface area is 134 Å². The van der Waals surface area contributed by atoms with E-state index in [2.05, 4.69) is 11.5 Å². The second-order valence-corrected chi connectivity index (χ2v) is 5.13. The third kappa shape index (κ3) is 3.96. The predicted octanol–water partition coefficient (Wildman–Crippen LogP) is 3.62. The lowest BCUT2D eigenvalue weighted by Gasteiger charge is -2.27. The van der Waals surface area contributed by atoms with E-state index in [9.17, 15) is 4.79 Å². The second-order valence-electron chi connectivity index (χ2n) is 4.34. The number of ether oxygens (including phenoxy) is 1. The van der Waals surface area contributed by atoms with Gasteiger partial charge in [0.05, 0.1) is 23.3 Å². The molecule has 1 aliphatic rings. The highest BCUT2D eigenvalue weighted by molar-refractivity contribution is 6.42. The third-order valence-electron chi connectivity index (χ3n) is 3.13. The molecule has 0 saturated carbocycles. The Morgan fingerprint density at radius 1 is 1.35 bits per heavy atom. The van der Waals surface area contributed by atoms with Crippen LogP contribution in [0.25, 0.3) is 0 Å². The van der Waals surface area contributed by atoms with E-state index >= 15 is 0 Å². The molecule has 0 N–H and O–H groups in total. The molecule has 1 heterocycles. The van der Waals surface area contributed by atoms with Crippen molar-refractivity contribution in [1.29, 1.82) is 0 Å². The van der Waals surface area contributed by atoms with Gasteiger partial charge in [-0.15, -0.1) is 12.4 Å². The second kappa shape index (κ2) is 8.01. The Morgan fingerprint density at radius 3 is 2.60 bits per heavy atom. The zero-order valence-corrected chi connectivity index (χ0v) is 13.2. The molecular weight excluding hydrogens is 321 g/mol. The highest BCUT2D eigenvalue weighted by Crippen LogP contribution is 2.30. The third-order valence-corrected chi connectivity index (χ3v) is 3.98. The normalized spacial score (nSPS) is 15.5. The number of allylic oxidation sites excluding steroid dienone is 1. The quantitative estimate of drug-likeness (QED) is 0.621. The average Bonchev–Trinajstić information content (AvgIpc) is 2.44. The molecule has 6 heteroatoms. The summed E-state index contributed by atoms with van der Waals surface area (Å²) >= 11 is 12.3.